The highest BCUT2D eigenvalue weighted by Crippen LogP contribution is 2.15. The van der Waals surface area contributed by atoms with Crippen LogP contribution in [0.1, 0.15) is 5.82 Å². The summed E-state index contributed by atoms with van der Waals surface area (Å²) in [6, 6.07) is 0. The van der Waals surface area contributed by atoms with Crippen LogP contribution in [0.2, 0.25) is 0 Å². The van der Waals surface area contributed by atoms with Gasteiger partial charge in [-0.15, -0.1) is 15.3 Å². The van der Waals surface area contributed by atoms with E-state index >= 15 is 0 Å². The lowest BCUT2D eigenvalue weighted by Crippen LogP contribution is -2.13. The summed E-state index contributed by atoms with van der Waals surface area (Å²) in [5, 5.41) is 12.6. The Morgan fingerprint density at radius 2 is 2.23 bits per heavy atom. The molecule has 2 rings (SSSR count). The average Bonchev–Trinajstić information content (AvgIpc) is 2.51. The molecule has 0 bridgehead atoms. The van der Waals surface area contributed by atoms with Crippen LogP contribution in [-0.2, 0) is 6.54 Å². The van der Waals surface area contributed by atoms with Gasteiger partial charge in [0.1, 0.15) is 0 Å². The van der Waals surface area contributed by atoms with Gasteiger partial charge in [0.15, 0.2) is 5.82 Å². The monoisotopic (exact) mass is 198 g/mol. The van der Waals surface area contributed by atoms with Gasteiger partial charge in [-0.3, -0.25) is 0 Å². The van der Waals surface area contributed by atoms with Crippen molar-refractivity contribution in [2.24, 2.45) is 0 Å². The van der Waals surface area contributed by atoms with Crippen molar-refractivity contribution in [2.45, 2.75) is 6.54 Å². The molecular formula is C6H10N6S. The summed E-state index contributed by atoms with van der Waals surface area (Å²) in [7, 11) is 3.94. The molecule has 0 saturated heterocycles. The number of hydrogen-bond acceptors (Lipinski definition) is 6. The lowest BCUT2D eigenvalue weighted by molar-refractivity contribution is 0.386. The van der Waals surface area contributed by atoms with E-state index in [1.807, 2.05) is 19.0 Å². The molecule has 7 heteroatoms. The summed E-state index contributed by atoms with van der Waals surface area (Å²) in [5.41, 5.74) is 5.54. The van der Waals surface area contributed by atoms with Gasteiger partial charge in [0.2, 0.25) is 10.1 Å². The topological polar surface area (TPSA) is 72.3 Å². The fourth-order valence-electron chi connectivity index (χ4n) is 1.05. The highest BCUT2D eigenvalue weighted by molar-refractivity contribution is 7.20. The summed E-state index contributed by atoms with van der Waals surface area (Å²) in [6.45, 7) is 0.713. The van der Waals surface area contributed by atoms with Gasteiger partial charge in [-0.1, -0.05) is 11.3 Å². The zero-order valence-electron chi connectivity index (χ0n) is 7.43. The van der Waals surface area contributed by atoms with Crippen LogP contribution in [0.4, 0.5) is 5.13 Å². The molecule has 0 spiro atoms. The first kappa shape index (κ1) is 8.39. The van der Waals surface area contributed by atoms with E-state index in [-0.39, 0.29) is 0 Å². The first-order valence-corrected chi connectivity index (χ1v) is 4.60. The van der Waals surface area contributed by atoms with Gasteiger partial charge >= 0.3 is 0 Å². The quantitative estimate of drug-likeness (QED) is 0.725. The van der Waals surface area contributed by atoms with Crippen LogP contribution in [0.3, 0.4) is 0 Å². The number of anilines is 1. The molecule has 70 valence electrons. The Bertz CT molecular complexity index is 416. The fourth-order valence-corrected chi connectivity index (χ4v) is 1.68. The molecule has 2 aromatic heterocycles. The van der Waals surface area contributed by atoms with E-state index in [1.54, 1.807) is 4.52 Å². The number of rotatable bonds is 2. The van der Waals surface area contributed by atoms with E-state index in [2.05, 4.69) is 15.3 Å². The first-order chi connectivity index (χ1) is 6.16. The predicted octanol–water partition coefficient (Wildman–Crippen LogP) is -0.170. The molecule has 0 aromatic carbocycles. The molecule has 0 aliphatic rings. The first-order valence-electron chi connectivity index (χ1n) is 3.78. The lowest BCUT2D eigenvalue weighted by Gasteiger charge is -2.05. The molecular weight excluding hydrogens is 188 g/mol. The molecule has 0 atom stereocenters. The molecule has 13 heavy (non-hydrogen) atoms. The van der Waals surface area contributed by atoms with E-state index in [1.165, 1.54) is 11.3 Å². The highest BCUT2D eigenvalue weighted by atomic mass is 32.1. The number of nitrogens with zero attached hydrogens (tertiary/aromatic N) is 5. The van der Waals surface area contributed by atoms with Crippen molar-refractivity contribution < 1.29 is 0 Å². The van der Waals surface area contributed by atoms with Crippen LogP contribution < -0.4 is 5.73 Å². The van der Waals surface area contributed by atoms with Crippen LogP contribution in [-0.4, -0.2) is 38.8 Å². The molecule has 0 aliphatic heterocycles. The van der Waals surface area contributed by atoms with Gasteiger partial charge in [0.25, 0.3) is 0 Å². The van der Waals surface area contributed by atoms with Crippen molar-refractivity contribution >= 4 is 21.4 Å². The summed E-state index contributed by atoms with van der Waals surface area (Å²) < 4.78 is 1.68. The molecule has 2 N–H and O–H groups in total. The number of hydrogen-bond donors (Lipinski definition) is 1. The van der Waals surface area contributed by atoms with Gasteiger partial charge in [0.05, 0.1) is 6.54 Å². The molecule has 0 amide bonds. The van der Waals surface area contributed by atoms with Crippen molar-refractivity contribution in [2.75, 3.05) is 19.8 Å². The van der Waals surface area contributed by atoms with E-state index in [0.717, 1.165) is 10.8 Å². The Kier molecular flexibility index (Phi) is 1.89. The molecule has 0 fully saturated rings. The minimum absolute atomic E-state index is 0.518. The largest absolute Gasteiger partial charge is 0.374 e. The van der Waals surface area contributed by atoms with E-state index in [0.29, 0.717) is 11.7 Å². The van der Waals surface area contributed by atoms with Gasteiger partial charge in [-0.25, -0.2) is 0 Å². The van der Waals surface area contributed by atoms with Crippen molar-refractivity contribution in [1.29, 1.82) is 0 Å². The predicted molar refractivity (Wildman–Crippen MR) is 50.5 cm³/mol. The molecule has 0 unspecified atom stereocenters. The third kappa shape index (κ3) is 1.47. The van der Waals surface area contributed by atoms with E-state index < -0.39 is 0 Å². The normalized spacial score (nSPS) is 11.6. The summed E-state index contributed by atoms with van der Waals surface area (Å²) in [6.07, 6.45) is 0. The van der Waals surface area contributed by atoms with Crippen molar-refractivity contribution in [3.8, 4) is 0 Å². The average molecular weight is 198 g/mol. The van der Waals surface area contributed by atoms with Gasteiger partial charge in [0, 0.05) is 0 Å². The molecule has 2 aromatic rings. The van der Waals surface area contributed by atoms with E-state index in [9.17, 15) is 0 Å². The van der Waals surface area contributed by atoms with Crippen LogP contribution in [0.25, 0.3) is 4.96 Å². The zero-order chi connectivity index (χ0) is 9.42. The number of nitrogen functional groups attached to an aromatic ring is 1. The number of nitrogens with two attached hydrogens (primary N) is 1. The Balaban J connectivity index is 2.44. The SMILES string of the molecule is CN(C)Cc1nnc2sc(N)nn12. The van der Waals surface area contributed by atoms with E-state index in [4.69, 9.17) is 5.73 Å². The van der Waals surface area contributed by atoms with Crippen LogP contribution in [0.5, 0.6) is 0 Å². The Hall–Kier alpha value is -1.21. The lowest BCUT2D eigenvalue weighted by atomic mass is 10.6. The van der Waals surface area contributed by atoms with Crippen LogP contribution >= 0.6 is 11.3 Å². The molecule has 0 radical (unpaired) electrons. The maximum Gasteiger partial charge on any atom is 0.236 e. The van der Waals surface area contributed by atoms with Crippen LogP contribution in [0, 0.1) is 0 Å². The summed E-state index contributed by atoms with van der Waals surface area (Å²) in [5.74, 6) is 0.813. The number of fused-ring (bicyclic) bond motifs is 1. The second kappa shape index (κ2) is 2.93. The maximum absolute atomic E-state index is 5.54. The highest BCUT2D eigenvalue weighted by Gasteiger charge is 2.09. The van der Waals surface area contributed by atoms with Gasteiger partial charge < -0.3 is 10.6 Å². The molecule has 0 aliphatic carbocycles. The Morgan fingerprint density at radius 3 is 2.92 bits per heavy atom. The summed E-state index contributed by atoms with van der Waals surface area (Å²) in [4.78, 5) is 2.75. The summed E-state index contributed by atoms with van der Waals surface area (Å²) >= 11 is 1.34. The van der Waals surface area contributed by atoms with Crippen molar-refractivity contribution in [3.63, 3.8) is 0 Å². The minimum Gasteiger partial charge on any atom is -0.374 e. The Morgan fingerprint density at radius 1 is 1.46 bits per heavy atom. The van der Waals surface area contributed by atoms with Crippen LogP contribution in [0.15, 0.2) is 0 Å². The van der Waals surface area contributed by atoms with Gasteiger partial charge in [-0.2, -0.15) is 4.52 Å². The maximum atomic E-state index is 5.54. The van der Waals surface area contributed by atoms with Crippen molar-refractivity contribution in [1.82, 2.24) is 24.7 Å². The third-order valence-electron chi connectivity index (χ3n) is 1.53. The zero-order valence-corrected chi connectivity index (χ0v) is 8.25. The fraction of sp³-hybridized carbons (Fsp3) is 0.500. The second-order valence-electron chi connectivity index (χ2n) is 2.99. The minimum atomic E-state index is 0.518. The number of aromatic nitrogens is 4. The smallest absolute Gasteiger partial charge is 0.236 e. The Labute approximate surface area is 79.0 Å². The molecule has 0 saturated carbocycles. The third-order valence-corrected chi connectivity index (χ3v) is 2.26. The molecule has 2 heterocycles. The van der Waals surface area contributed by atoms with Gasteiger partial charge in [-0.05, 0) is 14.1 Å². The standard InChI is InChI=1S/C6H10N6S/c1-11(2)3-4-8-9-6-12(4)10-5(7)13-6/h3H2,1-2H3,(H2,7,10). The van der Waals surface area contributed by atoms with Crippen molar-refractivity contribution in [3.05, 3.63) is 5.82 Å². The second-order valence-corrected chi connectivity index (χ2v) is 3.98. The molecule has 6 nitrogen and oxygen atoms in total.